The number of benzene rings is 5. The molecule has 0 spiro atoms. The van der Waals surface area contributed by atoms with Crippen LogP contribution in [-0.2, 0) is 0 Å². The van der Waals surface area contributed by atoms with Crippen molar-refractivity contribution in [3.05, 3.63) is 114 Å². The molecule has 0 amide bonds. The van der Waals surface area contributed by atoms with Gasteiger partial charge >= 0.3 is 0 Å². The van der Waals surface area contributed by atoms with Gasteiger partial charge in [0.25, 0.3) is 0 Å². The van der Waals surface area contributed by atoms with Crippen molar-refractivity contribution in [2.24, 2.45) is 0 Å². The molecule has 0 radical (unpaired) electrons. The van der Waals surface area contributed by atoms with Crippen molar-refractivity contribution < 1.29 is 0 Å². The van der Waals surface area contributed by atoms with E-state index in [4.69, 9.17) is 0 Å². The van der Waals surface area contributed by atoms with Gasteiger partial charge in [-0.15, -0.1) is 11.3 Å². The first kappa shape index (κ1) is 18.6. The Morgan fingerprint density at radius 2 is 1.26 bits per heavy atom. The molecule has 6 aromatic rings. The minimum absolute atomic E-state index is 1.11. The van der Waals surface area contributed by atoms with Gasteiger partial charge in [0.1, 0.15) is 0 Å². The Labute approximate surface area is 193 Å². The lowest BCUT2D eigenvalue weighted by molar-refractivity contribution is 1.30. The van der Waals surface area contributed by atoms with E-state index in [9.17, 15) is 0 Å². The minimum atomic E-state index is 1.11. The van der Waals surface area contributed by atoms with Gasteiger partial charge in [-0.2, -0.15) is 0 Å². The lowest BCUT2D eigenvalue weighted by Crippen LogP contribution is -2.09. The zero-order valence-electron chi connectivity index (χ0n) is 16.6. The smallest absolute Gasteiger partial charge is 0.0646 e. The number of hydrogen-bond acceptors (Lipinski definition) is 2. The SMILES string of the molecule is Brc1ccc2c(c1)sc1c(N(c3ccccc3)c3ccccc3)cc3ccccc3c12. The normalized spacial score (nSPS) is 11.4. The molecule has 0 aliphatic carbocycles. The van der Waals surface area contributed by atoms with E-state index < -0.39 is 0 Å². The molecule has 31 heavy (non-hydrogen) atoms. The maximum atomic E-state index is 3.66. The summed E-state index contributed by atoms with van der Waals surface area (Å²) in [5.41, 5.74) is 3.52. The number of anilines is 3. The summed E-state index contributed by atoms with van der Waals surface area (Å²) in [6, 6.07) is 38.9. The van der Waals surface area contributed by atoms with Gasteiger partial charge in [0.15, 0.2) is 0 Å². The summed E-state index contributed by atoms with van der Waals surface area (Å²) >= 11 is 5.52. The Hall–Kier alpha value is -3.14. The van der Waals surface area contributed by atoms with Gasteiger partial charge in [0.2, 0.25) is 0 Å². The van der Waals surface area contributed by atoms with E-state index in [1.54, 1.807) is 0 Å². The minimum Gasteiger partial charge on any atom is -0.309 e. The summed E-state index contributed by atoms with van der Waals surface area (Å²) in [5, 5.41) is 5.19. The molecule has 0 N–H and O–H groups in total. The maximum Gasteiger partial charge on any atom is 0.0646 e. The van der Waals surface area contributed by atoms with Crippen molar-refractivity contribution in [3.63, 3.8) is 0 Å². The summed E-state index contributed by atoms with van der Waals surface area (Å²) in [6.45, 7) is 0. The molecule has 6 rings (SSSR count). The molecule has 1 heterocycles. The van der Waals surface area contributed by atoms with Crippen LogP contribution in [0.25, 0.3) is 30.9 Å². The number of fused-ring (bicyclic) bond motifs is 5. The predicted octanol–water partition coefficient (Wildman–Crippen LogP) is 9.44. The molecule has 0 fully saturated rings. The van der Waals surface area contributed by atoms with E-state index in [-0.39, 0.29) is 0 Å². The molecule has 0 bridgehead atoms. The Morgan fingerprint density at radius 1 is 0.613 bits per heavy atom. The highest BCUT2D eigenvalue weighted by Gasteiger charge is 2.20. The average Bonchev–Trinajstić information content (AvgIpc) is 3.20. The van der Waals surface area contributed by atoms with Gasteiger partial charge in [0.05, 0.1) is 10.4 Å². The number of thiophene rings is 1. The fraction of sp³-hybridized carbons (Fsp3) is 0. The van der Waals surface area contributed by atoms with Gasteiger partial charge in [-0.25, -0.2) is 0 Å². The first-order valence-electron chi connectivity index (χ1n) is 10.2. The van der Waals surface area contributed by atoms with Gasteiger partial charge in [-0.05, 0) is 53.2 Å². The van der Waals surface area contributed by atoms with Crippen LogP contribution in [0.3, 0.4) is 0 Å². The maximum absolute atomic E-state index is 3.66. The molecule has 1 nitrogen and oxygen atoms in total. The molecule has 148 valence electrons. The van der Waals surface area contributed by atoms with Crippen LogP contribution < -0.4 is 4.90 Å². The number of halogens is 1. The van der Waals surface area contributed by atoms with Gasteiger partial charge < -0.3 is 4.90 Å². The Kier molecular flexibility index (Phi) is 4.52. The third-order valence-electron chi connectivity index (χ3n) is 5.68. The third-order valence-corrected chi connectivity index (χ3v) is 7.35. The summed E-state index contributed by atoms with van der Waals surface area (Å²) < 4.78 is 3.71. The molecule has 5 aromatic carbocycles. The van der Waals surface area contributed by atoms with Crippen molar-refractivity contribution in [1.29, 1.82) is 0 Å². The number of nitrogens with zero attached hydrogens (tertiary/aromatic N) is 1. The van der Waals surface area contributed by atoms with Crippen LogP contribution in [-0.4, -0.2) is 0 Å². The van der Waals surface area contributed by atoms with Crippen LogP contribution in [0.15, 0.2) is 114 Å². The molecule has 1 aromatic heterocycles. The van der Waals surface area contributed by atoms with Crippen LogP contribution in [0.4, 0.5) is 17.1 Å². The first-order valence-corrected chi connectivity index (χ1v) is 11.8. The van der Waals surface area contributed by atoms with Crippen LogP contribution >= 0.6 is 27.3 Å². The van der Waals surface area contributed by atoms with Crippen molar-refractivity contribution in [3.8, 4) is 0 Å². The molecule has 0 aliphatic rings. The first-order chi connectivity index (χ1) is 15.3. The lowest BCUT2D eigenvalue weighted by Gasteiger charge is -2.26. The highest BCUT2D eigenvalue weighted by atomic mass is 79.9. The van der Waals surface area contributed by atoms with Crippen LogP contribution in [0.2, 0.25) is 0 Å². The number of para-hydroxylation sites is 2. The van der Waals surface area contributed by atoms with Gasteiger partial charge in [-0.3, -0.25) is 0 Å². The Balaban J connectivity index is 1.77. The zero-order valence-corrected chi connectivity index (χ0v) is 19.0. The predicted molar refractivity (Wildman–Crippen MR) is 139 cm³/mol. The molecule has 3 heteroatoms. The molecular formula is C28H18BrNS. The van der Waals surface area contributed by atoms with Crippen molar-refractivity contribution in [2.45, 2.75) is 0 Å². The van der Waals surface area contributed by atoms with E-state index in [0.29, 0.717) is 0 Å². The monoisotopic (exact) mass is 479 g/mol. The van der Waals surface area contributed by atoms with Gasteiger partial charge in [-0.1, -0.05) is 82.7 Å². The van der Waals surface area contributed by atoms with Crippen LogP contribution in [0, 0.1) is 0 Å². The summed E-state index contributed by atoms with van der Waals surface area (Å²) in [6.07, 6.45) is 0. The molecule has 0 saturated carbocycles. The van der Waals surface area contributed by atoms with Crippen molar-refractivity contribution >= 4 is 75.3 Å². The molecule has 0 atom stereocenters. The van der Waals surface area contributed by atoms with Gasteiger partial charge in [0, 0.05) is 31.3 Å². The second-order valence-electron chi connectivity index (χ2n) is 7.57. The fourth-order valence-electron chi connectivity index (χ4n) is 4.33. The summed E-state index contributed by atoms with van der Waals surface area (Å²) in [4.78, 5) is 2.37. The highest BCUT2D eigenvalue weighted by Crippen LogP contribution is 2.48. The quantitative estimate of drug-likeness (QED) is 0.244. The van der Waals surface area contributed by atoms with Crippen molar-refractivity contribution in [2.75, 3.05) is 4.90 Å². The largest absolute Gasteiger partial charge is 0.309 e. The van der Waals surface area contributed by atoms with E-state index in [1.807, 2.05) is 11.3 Å². The highest BCUT2D eigenvalue weighted by molar-refractivity contribution is 9.10. The second-order valence-corrected chi connectivity index (χ2v) is 9.54. The molecule has 0 aliphatic heterocycles. The van der Waals surface area contributed by atoms with Crippen molar-refractivity contribution in [1.82, 2.24) is 0 Å². The van der Waals surface area contributed by atoms with E-state index in [2.05, 4.69) is 130 Å². The second kappa shape index (κ2) is 7.52. The zero-order chi connectivity index (χ0) is 20.8. The third kappa shape index (κ3) is 3.13. The topological polar surface area (TPSA) is 3.24 Å². The Morgan fingerprint density at radius 3 is 1.97 bits per heavy atom. The fourth-order valence-corrected chi connectivity index (χ4v) is 6.10. The lowest BCUT2D eigenvalue weighted by atomic mass is 10.0. The van der Waals surface area contributed by atoms with Crippen LogP contribution in [0.5, 0.6) is 0 Å². The Bertz CT molecular complexity index is 1500. The van der Waals surface area contributed by atoms with E-state index in [1.165, 1.54) is 36.6 Å². The van der Waals surface area contributed by atoms with Crippen LogP contribution in [0.1, 0.15) is 0 Å². The van der Waals surface area contributed by atoms with E-state index in [0.717, 1.165) is 15.8 Å². The number of hydrogen-bond donors (Lipinski definition) is 0. The number of rotatable bonds is 3. The summed E-state index contributed by atoms with van der Waals surface area (Å²) in [7, 11) is 0. The van der Waals surface area contributed by atoms with E-state index >= 15 is 0 Å². The molecule has 0 saturated heterocycles. The average molecular weight is 480 g/mol. The summed E-state index contributed by atoms with van der Waals surface area (Å²) in [5.74, 6) is 0. The standard InChI is InChI=1S/C28H18BrNS/c29-20-15-16-24-26(18-20)31-28-25(17-19-9-7-8-14-23(19)27(24)28)30(21-10-3-1-4-11-21)22-12-5-2-6-13-22/h1-18H. The molecule has 0 unspecified atom stereocenters. The molecular weight excluding hydrogens is 462 g/mol.